The van der Waals surface area contributed by atoms with Crippen molar-refractivity contribution < 1.29 is 23.9 Å². The summed E-state index contributed by atoms with van der Waals surface area (Å²) in [6.45, 7) is 7.44. The molecule has 0 aromatic heterocycles. The average molecular weight is 389 g/mol. The lowest BCUT2D eigenvalue weighted by Crippen LogP contribution is -2.54. The molecule has 0 radical (unpaired) electrons. The molecule has 2 fully saturated rings. The van der Waals surface area contributed by atoms with Crippen LogP contribution in [0.15, 0.2) is 24.3 Å². The number of nitrogens with zero attached hydrogens (tertiary/aromatic N) is 3. The van der Waals surface area contributed by atoms with E-state index in [4.69, 9.17) is 9.47 Å². The van der Waals surface area contributed by atoms with Gasteiger partial charge in [0.1, 0.15) is 11.4 Å². The molecule has 0 unspecified atom stereocenters. The minimum atomic E-state index is -0.544. The van der Waals surface area contributed by atoms with Crippen LogP contribution in [0, 0.1) is 0 Å². The van der Waals surface area contributed by atoms with Crippen molar-refractivity contribution in [3.63, 3.8) is 0 Å². The monoisotopic (exact) mass is 389 g/mol. The van der Waals surface area contributed by atoms with Gasteiger partial charge < -0.3 is 14.4 Å². The largest absolute Gasteiger partial charge is 0.495 e. The fourth-order valence-corrected chi connectivity index (χ4v) is 3.51. The number of methoxy groups -OCH3 is 1. The molecule has 0 bridgehead atoms. The van der Waals surface area contributed by atoms with Gasteiger partial charge in [-0.1, -0.05) is 12.1 Å². The van der Waals surface area contributed by atoms with E-state index in [9.17, 15) is 14.4 Å². The highest BCUT2D eigenvalue weighted by molar-refractivity contribution is 6.23. The summed E-state index contributed by atoms with van der Waals surface area (Å²) in [6, 6.07) is 6.48. The molecule has 0 saturated carbocycles. The van der Waals surface area contributed by atoms with E-state index in [1.807, 2.05) is 25.7 Å². The molecule has 2 aliphatic rings. The zero-order chi connectivity index (χ0) is 20.5. The second kappa shape index (κ2) is 7.79. The number of hydrogen-bond acceptors (Lipinski definition) is 6. The third kappa shape index (κ3) is 4.11. The number of carbonyl (C=O) groups is 3. The maximum atomic E-state index is 13.0. The second-order valence-corrected chi connectivity index (χ2v) is 7.96. The van der Waals surface area contributed by atoms with Crippen molar-refractivity contribution in [2.45, 2.75) is 38.8 Å². The van der Waals surface area contributed by atoms with Gasteiger partial charge in [-0.25, -0.2) is 9.69 Å². The van der Waals surface area contributed by atoms with Crippen molar-refractivity contribution in [2.24, 2.45) is 0 Å². The van der Waals surface area contributed by atoms with Crippen LogP contribution in [-0.2, 0) is 14.3 Å². The van der Waals surface area contributed by atoms with Crippen molar-refractivity contribution in [1.29, 1.82) is 0 Å². The Morgan fingerprint density at radius 3 is 2.32 bits per heavy atom. The number of amides is 3. The van der Waals surface area contributed by atoms with E-state index >= 15 is 0 Å². The van der Waals surface area contributed by atoms with E-state index in [0.29, 0.717) is 37.6 Å². The van der Waals surface area contributed by atoms with Gasteiger partial charge in [-0.15, -0.1) is 0 Å². The summed E-state index contributed by atoms with van der Waals surface area (Å²) in [4.78, 5) is 42.6. The summed E-state index contributed by atoms with van der Waals surface area (Å²) in [7, 11) is 1.51. The van der Waals surface area contributed by atoms with Gasteiger partial charge >= 0.3 is 6.09 Å². The zero-order valence-electron chi connectivity index (χ0n) is 16.8. The maximum Gasteiger partial charge on any atom is 0.410 e. The van der Waals surface area contributed by atoms with Crippen LogP contribution in [0.1, 0.15) is 27.2 Å². The molecule has 3 amide bonds. The number of benzene rings is 1. The van der Waals surface area contributed by atoms with Crippen LogP contribution in [-0.4, -0.2) is 72.6 Å². The molecule has 28 heavy (non-hydrogen) atoms. The summed E-state index contributed by atoms with van der Waals surface area (Å²) in [6.07, 6.45) is -0.222. The number of hydrogen-bond donors (Lipinski definition) is 0. The molecule has 1 aromatic rings. The normalized spacial score (nSPS) is 21.2. The number of imide groups is 1. The van der Waals surface area contributed by atoms with Crippen LogP contribution < -0.4 is 9.64 Å². The summed E-state index contributed by atoms with van der Waals surface area (Å²) >= 11 is 0. The number of para-hydroxylation sites is 2. The Morgan fingerprint density at radius 2 is 1.71 bits per heavy atom. The van der Waals surface area contributed by atoms with E-state index in [1.54, 1.807) is 29.2 Å². The number of piperazine rings is 1. The third-order valence-corrected chi connectivity index (χ3v) is 4.86. The molecule has 2 aliphatic heterocycles. The molecule has 0 N–H and O–H groups in total. The highest BCUT2D eigenvalue weighted by Gasteiger charge is 2.44. The first kappa shape index (κ1) is 20.1. The molecular formula is C20H27N3O5. The predicted octanol–water partition coefficient (Wildman–Crippen LogP) is 1.88. The maximum absolute atomic E-state index is 13.0. The fraction of sp³-hybridized carbons (Fsp3) is 0.550. The molecule has 0 spiro atoms. The Bertz CT molecular complexity index is 765. The molecule has 152 valence electrons. The van der Waals surface area contributed by atoms with Crippen LogP contribution in [0.3, 0.4) is 0 Å². The van der Waals surface area contributed by atoms with Gasteiger partial charge in [0, 0.05) is 26.2 Å². The van der Waals surface area contributed by atoms with Crippen molar-refractivity contribution in [2.75, 3.05) is 38.2 Å². The van der Waals surface area contributed by atoms with E-state index in [2.05, 4.69) is 0 Å². The standard InChI is InChI=1S/C20H27N3O5/c1-20(2,3)28-19(26)22-11-9-21(10-12-22)15-13-17(24)23(18(15)25)14-7-5-6-8-16(14)27-4/h5-8,15H,9-13H2,1-4H3/t15-/m1/s1. The van der Waals surface area contributed by atoms with Gasteiger partial charge in [-0.05, 0) is 32.9 Å². The Balaban J connectivity index is 1.66. The summed E-state index contributed by atoms with van der Waals surface area (Å²) in [5, 5.41) is 0. The number of carbonyl (C=O) groups excluding carboxylic acids is 3. The predicted molar refractivity (Wildman–Crippen MR) is 103 cm³/mol. The lowest BCUT2D eigenvalue weighted by Gasteiger charge is -2.37. The zero-order valence-corrected chi connectivity index (χ0v) is 16.8. The average Bonchev–Trinajstić information content (AvgIpc) is 2.94. The van der Waals surface area contributed by atoms with Crippen molar-refractivity contribution in [3.8, 4) is 5.75 Å². The quantitative estimate of drug-likeness (QED) is 0.735. The molecule has 8 heteroatoms. The first-order chi connectivity index (χ1) is 13.2. The highest BCUT2D eigenvalue weighted by Crippen LogP contribution is 2.33. The Morgan fingerprint density at radius 1 is 1.07 bits per heavy atom. The van der Waals surface area contributed by atoms with Gasteiger partial charge in [0.2, 0.25) is 5.91 Å². The molecule has 2 saturated heterocycles. The minimum absolute atomic E-state index is 0.128. The van der Waals surface area contributed by atoms with E-state index in [-0.39, 0.29) is 24.3 Å². The topological polar surface area (TPSA) is 79.4 Å². The smallest absolute Gasteiger partial charge is 0.410 e. The van der Waals surface area contributed by atoms with Gasteiger partial charge in [-0.2, -0.15) is 0 Å². The van der Waals surface area contributed by atoms with Crippen molar-refractivity contribution >= 4 is 23.6 Å². The molecule has 1 aromatic carbocycles. The third-order valence-electron chi connectivity index (χ3n) is 4.86. The SMILES string of the molecule is COc1ccccc1N1C(=O)C[C@@H](N2CCN(C(=O)OC(C)(C)C)CC2)C1=O. The van der Waals surface area contributed by atoms with Gasteiger partial charge in [0.25, 0.3) is 5.91 Å². The van der Waals surface area contributed by atoms with E-state index in [1.165, 1.54) is 12.0 Å². The van der Waals surface area contributed by atoms with Gasteiger partial charge in [-0.3, -0.25) is 14.5 Å². The van der Waals surface area contributed by atoms with Crippen LogP contribution >= 0.6 is 0 Å². The highest BCUT2D eigenvalue weighted by atomic mass is 16.6. The molecular weight excluding hydrogens is 362 g/mol. The molecule has 2 heterocycles. The van der Waals surface area contributed by atoms with Gasteiger partial charge in [0.15, 0.2) is 0 Å². The summed E-state index contributed by atoms with van der Waals surface area (Å²) in [5.41, 5.74) is -0.0769. The molecule has 3 rings (SSSR count). The molecule has 0 aliphatic carbocycles. The number of ether oxygens (including phenoxy) is 2. The van der Waals surface area contributed by atoms with Crippen LogP contribution in [0.5, 0.6) is 5.75 Å². The van der Waals surface area contributed by atoms with E-state index in [0.717, 1.165) is 0 Å². The lowest BCUT2D eigenvalue weighted by molar-refractivity contribution is -0.123. The lowest BCUT2D eigenvalue weighted by atomic mass is 10.1. The second-order valence-electron chi connectivity index (χ2n) is 7.96. The van der Waals surface area contributed by atoms with Crippen molar-refractivity contribution in [1.82, 2.24) is 9.80 Å². The van der Waals surface area contributed by atoms with Crippen LogP contribution in [0.2, 0.25) is 0 Å². The van der Waals surface area contributed by atoms with Gasteiger partial charge in [0.05, 0.1) is 25.3 Å². The number of rotatable bonds is 3. The molecule has 1 atom stereocenters. The Hall–Kier alpha value is -2.61. The fourth-order valence-electron chi connectivity index (χ4n) is 3.51. The molecule has 8 nitrogen and oxygen atoms in total. The van der Waals surface area contributed by atoms with Crippen molar-refractivity contribution in [3.05, 3.63) is 24.3 Å². The summed E-state index contributed by atoms with van der Waals surface area (Å²) in [5.74, 6) is -0.00566. The minimum Gasteiger partial charge on any atom is -0.495 e. The first-order valence-corrected chi connectivity index (χ1v) is 9.43. The Kier molecular flexibility index (Phi) is 5.60. The van der Waals surface area contributed by atoms with Crippen LogP contribution in [0.25, 0.3) is 0 Å². The number of anilines is 1. The summed E-state index contributed by atoms with van der Waals surface area (Å²) < 4.78 is 10.7. The first-order valence-electron chi connectivity index (χ1n) is 9.43. The van der Waals surface area contributed by atoms with Crippen LogP contribution in [0.4, 0.5) is 10.5 Å². The Labute approximate surface area is 165 Å². The van der Waals surface area contributed by atoms with E-state index < -0.39 is 11.6 Å².